The van der Waals surface area contributed by atoms with E-state index in [1.165, 1.54) is 18.3 Å². The van der Waals surface area contributed by atoms with Crippen molar-refractivity contribution in [1.82, 2.24) is 4.98 Å². The maximum Gasteiger partial charge on any atom is 0.312 e. The highest BCUT2D eigenvalue weighted by Crippen LogP contribution is 2.28. The minimum absolute atomic E-state index is 0.127. The van der Waals surface area contributed by atoms with Crippen LogP contribution in [0.1, 0.15) is 5.56 Å². The lowest BCUT2D eigenvalue weighted by atomic mass is 10.2. The van der Waals surface area contributed by atoms with Crippen LogP contribution < -0.4 is 4.90 Å². The molecule has 5 nitrogen and oxygen atoms in total. The fraction of sp³-hybridized carbons (Fsp3) is 0.154. The molecule has 0 spiro atoms. The maximum atomic E-state index is 13.6. The minimum Gasteiger partial charge on any atom is -0.350 e. The van der Waals surface area contributed by atoms with Crippen LogP contribution in [-0.2, 0) is 6.54 Å². The van der Waals surface area contributed by atoms with Crippen molar-refractivity contribution in [3.63, 3.8) is 0 Å². The minimum atomic E-state index is -0.509. The summed E-state index contributed by atoms with van der Waals surface area (Å²) >= 11 is 3.15. The van der Waals surface area contributed by atoms with Gasteiger partial charge in [-0.1, -0.05) is 18.2 Å². The molecular formula is C13H11BrFN3O2. The third-order valence-electron chi connectivity index (χ3n) is 2.74. The molecule has 2 rings (SSSR count). The standard InChI is InChI=1S/C13H11BrFN3O2/c1-17(8-9-4-2-3-5-11(9)15)13-12(18(19)20)6-10(14)7-16-13/h2-7H,8H2,1H3. The quantitative estimate of drug-likeness (QED) is 0.631. The summed E-state index contributed by atoms with van der Waals surface area (Å²) in [4.78, 5) is 16.1. The van der Waals surface area contributed by atoms with Gasteiger partial charge in [0, 0.05) is 35.9 Å². The molecule has 2 aromatic rings. The smallest absolute Gasteiger partial charge is 0.312 e. The molecule has 0 bridgehead atoms. The topological polar surface area (TPSA) is 59.3 Å². The predicted octanol–water partition coefficient (Wildman–Crippen LogP) is 3.53. The Hall–Kier alpha value is -2.02. The summed E-state index contributed by atoms with van der Waals surface area (Å²) in [5.41, 5.74) is 0.326. The van der Waals surface area contributed by atoms with Crippen LogP contribution in [0, 0.1) is 15.9 Å². The zero-order chi connectivity index (χ0) is 14.7. The van der Waals surface area contributed by atoms with Crippen LogP contribution in [0.3, 0.4) is 0 Å². The SMILES string of the molecule is CN(Cc1ccccc1F)c1ncc(Br)cc1[N+](=O)[O-]. The highest BCUT2D eigenvalue weighted by Gasteiger charge is 2.20. The summed E-state index contributed by atoms with van der Waals surface area (Å²) in [5, 5.41) is 11.0. The van der Waals surface area contributed by atoms with Gasteiger partial charge in [0.25, 0.3) is 0 Å². The third kappa shape index (κ3) is 3.11. The van der Waals surface area contributed by atoms with Gasteiger partial charge in [-0.2, -0.15) is 0 Å². The molecule has 1 aromatic heterocycles. The van der Waals surface area contributed by atoms with Crippen molar-refractivity contribution >= 4 is 27.4 Å². The van der Waals surface area contributed by atoms with Crippen molar-refractivity contribution in [2.24, 2.45) is 0 Å². The maximum absolute atomic E-state index is 13.6. The average Bonchev–Trinajstić information content (AvgIpc) is 2.41. The number of pyridine rings is 1. The number of hydrogen-bond donors (Lipinski definition) is 0. The zero-order valence-electron chi connectivity index (χ0n) is 10.6. The summed E-state index contributed by atoms with van der Waals surface area (Å²) in [6, 6.07) is 7.68. The van der Waals surface area contributed by atoms with Gasteiger partial charge >= 0.3 is 5.69 Å². The molecule has 1 aromatic carbocycles. The van der Waals surface area contributed by atoms with E-state index in [2.05, 4.69) is 20.9 Å². The summed E-state index contributed by atoms with van der Waals surface area (Å²) in [7, 11) is 1.63. The Bertz CT molecular complexity index is 651. The molecule has 0 N–H and O–H groups in total. The highest BCUT2D eigenvalue weighted by atomic mass is 79.9. The van der Waals surface area contributed by atoms with Gasteiger partial charge in [-0.25, -0.2) is 9.37 Å². The zero-order valence-corrected chi connectivity index (χ0v) is 12.2. The van der Waals surface area contributed by atoms with Crippen LogP contribution in [0.25, 0.3) is 0 Å². The first kappa shape index (κ1) is 14.4. The van der Waals surface area contributed by atoms with Crippen molar-refractivity contribution in [3.8, 4) is 0 Å². The summed E-state index contributed by atoms with van der Waals surface area (Å²) in [6.45, 7) is 0.197. The molecule has 0 unspecified atom stereocenters. The van der Waals surface area contributed by atoms with Crippen LogP contribution in [0.4, 0.5) is 15.9 Å². The van der Waals surface area contributed by atoms with E-state index in [1.807, 2.05) is 0 Å². The first-order valence-corrected chi connectivity index (χ1v) is 6.53. The highest BCUT2D eigenvalue weighted by molar-refractivity contribution is 9.10. The van der Waals surface area contributed by atoms with Gasteiger partial charge in [-0.15, -0.1) is 0 Å². The van der Waals surface area contributed by atoms with E-state index in [0.717, 1.165) is 0 Å². The Morgan fingerprint density at radius 3 is 2.80 bits per heavy atom. The number of anilines is 1. The molecule has 1 heterocycles. The average molecular weight is 340 g/mol. The summed E-state index contributed by atoms with van der Waals surface area (Å²) in [5.74, 6) is -0.152. The van der Waals surface area contributed by atoms with Crippen LogP contribution >= 0.6 is 15.9 Å². The van der Waals surface area contributed by atoms with Gasteiger partial charge in [-0.3, -0.25) is 10.1 Å². The first-order chi connectivity index (χ1) is 9.49. The third-order valence-corrected chi connectivity index (χ3v) is 3.17. The molecule has 0 aliphatic heterocycles. The van der Waals surface area contributed by atoms with Gasteiger partial charge in [-0.05, 0) is 22.0 Å². The van der Waals surface area contributed by atoms with Crippen molar-refractivity contribution < 1.29 is 9.31 Å². The van der Waals surface area contributed by atoms with E-state index in [1.54, 1.807) is 30.1 Å². The van der Waals surface area contributed by atoms with E-state index < -0.39 is 4.92 Å². The van der Waals surface area contributed by atoms with Crippen LogP contribution in [0.5, 0.6) is 0 Å². The number of nitrogens with zero attached hydrogens (tertiary/aromatic N) is 3. The number of hydrogen-bond acceptors (Lipinski definition) is 4. The lowest BCUT2D eigenvalue weighted by Crippen LogP contribution is -2.19. The number of benzene rings is 1. The number of halogens is 2. The van der Waals surface area contributed by atoms with E-state index >= 15 is 0 Å². The molecule has 104 valence electrons. The van der Waals surface area contributed by atoms with Crippen molar-refractivity contribution in [3.05, 3.63) is 62.5 Å². The van der Waals surface area contributed by atoms with Gasteiger partial charge in [0.2, 0.25) is 5.82 Å². The number of nitro groups is 1. The first-order valence-electron chi connectivity index (χ1n) is 5.73. The Morgan fingerprint density at radius 1 is 1.45 bits per heavy atom. The van der Waals surface area contributed by atoms with Gasteiger partial charge in [0.1, 0.15) is 5.82 Å². The summed E-state index contributed by atoms with van der Waals surface area (Å²) < 4.78 is 14.1. The van der Waals surface area contributed by atoms with Gasteiger partial charge in [0.15, 0.2) is 0 Å². The van der Waals surface area contributed by atoms with Crippen molar-refractivity contribution in [2.45, 2.75) is 6.54 Å². The van der Waals surface area contributed by atoms with Crippen molar-refractivity contribution in [2.75, 3.05) is 11.9 Å². The monoisotopic (exact) mass is 339 g/mol. The van der Waals surface area contributed by atoms with Gasteiger partial charge < -0.3 is 4.90 Å². The molecular weight excluding hydrogens is 329 g/mol. The Morgan fingerprint density at radius 2 is 2.15 bits per heavy atom. The fourth-order valence-electron chi connectivity index (χ4n) is 1.81. The molecule has 20 heavy (non-hydrogen) atoms. The van der Waals surface area contributed by atoms with Crippen LogP contribution in [0.15, 0.2) is 41.0 Å². The fourth-order valence-corrected chi connectivity index (χ4v) is 2.13. The normalized spacial score (nSPS) is 10.3. The van der Waals surface area contributed by atoms with E-state index in [9.17, 15) is 14.5 Å². The molecule has 0 atom stereocenters. The van der Waals surface area contributed by atoms with E-state index in [4.69, 9.17) is 0 Å². The Kier molecular flexibility index (Phi) is 4.29. The lowest BCUT2D eigenvalue weighted by molar-refractivity contribution is -0.384. The molecule has 0 aliphatic rings. The van der Waals surface area contributed by atoms with Crippen LogP contribution in [-0.4, -0.2) is 17.0 Å². The second-order valence-electron chi connectivity index (χ2n) is 4.20. The second kappa shape index (κ2) is 5.96. The Balaban J connectivity index is 2.32. The Labute approximate surface area is 123 Å². The van der Waals surface area contributed by atoms with Gasteiger partial charge in [0.05, 0.1) is 4.92 Å². The predicted molar refractivity (Wildman–Crippen MR) is 77.1 cm³/mol. The van der Waals surface area contributed by atoms with E-state index in [0.29, 0.717) is 10.0 Å². The molecule has 0 fully saturated rings. The van der Waals surface area contributed by atoms with Crippen molar-refractivity contribution in [1.29, 1.82) is 0 Å². The lowest BCUT2D eigenvalue weighted by Gasteiger charge is -2.18. The molecule has 0 saturated carbocycles. The van der Waals surface area contributed by atoms with E-state index in [-0.39, 0.29) is 23.9 Å². The molecule has 0 saturated heterocycles. The summed E-state index contributed by atoms with van der Waals surface area (Å²) in [6.07, 6.45) is 1.47. The number of aromatic nitrogens is 1. The molecule has 0 aliphatic carbocycles. The number of rotatable bonds is 4. The molecule has 7 heteroatoms. The molecule has 0 amide bonds. The molecule has 0 radical (unpaired) electrons. The largest absolute Gasteiger partial charge is 0.350 e. The van der Waals surface area contributed by atoms with Crippen LogP contribution in [0.2, 0.25) is 0 Å². The second-order valence-corrected chi connectivity index (χ2v) is 5.12.